The predicted octanol–water partition coefficient (Wildman–Crippen LogP) is 4.66. The van der Waals surface area contributed by atoms with Crippen LogP contribution in [-0.2, 0) is 4.79 Å². The summed E-state index contributed by atoms with van der Waals surface area (Å²) in [5.41, 5.74) is 3.67. The molecule has 116 valence electrons. The maximum Gasteiger partial charge on any atom is 0.221 e. The second kappa shape index (κ2) is 8.04. The van der Waals surface area contributed by atoms with Crippen LogP contribution in [0.1, 0.15) is 36.1 Å². The number of carbonyl (C=O) groups is 1. The summed E-state index contributed by atoms with van der Waals surface area (Å²) >= 11 is 1.72. The van der Waals surface area contributed by atoms with Gasteiger partial charge < -0.3 is 5.32 Å². The van der Waals surface area contributed by atoms with Gasteiger partial charge in [0.05, 0.1) is 6.04 Å². The van der Waals surface area contributed by atoms with Crippen molar-refractivity contribution in [2.24, 2.45) is 0 Å². The van der Waals surface area contributed by atoms with E-state index in [1.54, 1.807) is 11.8 Å². The number of thioether (sulfide) groups is 1. The van der Waals surface area contributed by atoms with Crippen LogP contribution in [0.2, 0.25) is 0 Å². The molecular weight excluding hydrogens is 290 g/mol. The van der Waals surface area contributed by atoms with Crippen molar-refractivity contribution in [3.05, 3.63) is 65.2 Å². The number of rotatable bonds is 6. The summed E-state index contributed by atoms with van der Waals surface area (Å²) in [6.07, 6.45) is 0.537. The van der Waals surface area contributed by atoms with Crippen molar-refractivity contribution >= 4 is 17.7 Å². The van der Waals surface area contributed by atoms with Crippen LogP contribution in [0.4, 0.5) is 0 Å². The lowest BCUT2D eigenvalue weighted by atomic mass is 10.0. The van der Waals surface area contributed by atoms with Gasteiger partial charge in [-0.2, -0.15) is 0 Å². The molecule has 0 spiro atoms. The molecule has 0 unspecified atom stereocenters. The Morgan fingerprint density at radius 3 is 2.55 bits per heavy atom. The van der Waals surface area contributed by atoms with Crippen LogP contribution < -0.4 is 5.32 Å². The van der Waals surface area contributed by atoms with Gasteiger partial charge in [0.15, 0.2) is 0 Å². The smallest absolute Gasteiger partial charge is 0.221 e. The fraction of sp³-hybridized carbons (Fsp3) is 0.316. The molecular formula is C19H23NOS. The second-order valence-electron chi connectivity index (χ2n) is 5.56. The highest BCUT2D eigenvalue weighted by Gasteiger charge is 2.11. The molecule has 0 saturated heterocycles. The number of hydrogen-bond acceptors (Lipinski definition) is 2. The standard InChI is InChI=1S/C19H23NOS/c1-14-9-10-18(15(2)13-14)16(3)20-19(21)11-12-22-17-7-5-4-6-8-17/h4-10,13,16H,11-12H2,1-3H3,(H,20,21)/t16-/m1/s1. The van der Waals surface area contributed by atoms with E-state index in [2.05, 4.69) is 49.5 Å². The lowest BCUT2D eigenvalue weighted by Crippen LogP contribution is -2.27. The first kappa shape index (κ1) is 16.6. The Balaban J connectivity index is 1.81. The van der Waals surface area contributed by atoms with Gasteiger partial charge in [0.1, 0.15) is 0 Å². The van der Waals surface area contributed by atoms with E-state index in [9.17, 15) is 4.79 Å². The molecule has 0 saturated carbocycles. The van der Waals surface area contributed by atoms with Crippen molar-refractivity contribution in [3.63, 3.8) is 0 Å². The highest BCUT2D eigenvalue weighted by Crippen LogP contribution is 2.20. The van der Waals surface area contributed by atoms with E-state index >= 15 is 0 Å². The first-order valence-corrected chi connectivity index (χ1v) is 8.59. The minimum atomic E-state index is 0.0508. The first-order valence-electron chi connectivity index (χ1n) is 7.60. The highest BCUT2D eigenvalue weighted by atomic mass is 32.2. The van der Waals surface area contributed by atoms with Crippen LogP contribution in [0.15, 0.2) is 53.4 Å². The van der Waals surface area contributed by atoms with Gasteiger partial charge in [-0.25, -0.2) is 0 Å². The van der Waals surface area contributed by atoms with Gasteiger partial charge in [0.2, 0.25) is 5.91 Å². The number of hydrogen-bond donors (Lipinski definition) is 1. The summed E-state index contributed by atoms with van der Waals surface area (Å²) in [4.78, 5) is 13.3. The maximum atomic E-state index is 12.1. The van der Waals surface area contributed by atoms with E-state index < -0.39 is 0 Å². The molecule has 0 fully saturated rings. The zero-order valence-electron chi connectivity index (χ0n) is 13.4. The Morgan fingerprint density at radius 2 is 1.86 bits per heavy atom. The van der Waals surface area contributed by atoms with Crippen molar-refractivity contribution in [2.75, 3.05) is 5.75 Å². The van der Waals surface area contributed by atoms with Crippen LogP contribution in [0.3, 0.4) is 0 Å². The normalized spacial score (nSPS) is 12.0. The molecule has 1 N–H and O–H groups in total. The van der Waals surface area contributed by atoms with E-state index in [4.69, 9.17) is 0 Å². The second-order valence-corrected chi connectivity index (χ2v) is 6.73. The quantitative estimate of drug-likeness (QED) is 0.786. The van der Waals surface area contributed by atoms with Crippen LogP contribution in [0.5, 0.6) is 0 Å². The van der Waals surface area contributed by atoms with Crippen LogP contribution in [0, 0.1) is 13.8 Å². The van der Waals surface area contributed by atoms with Gasteiger partial charge in [-0.1, -0.05) is 42.0 Å². The third-order valence-corrected chi connectivity index (χ3v) is 4.62. The molecule has 1 amide bonds. The van der Waals surface area contributed by atoms with Crippen LogP contribution in [0.25, 0.3) is 0 Å². The number of nitrogens with one attached hydrogen (secondary N) is 1. The molecule has 22 heavy (non-hydrogen) atoms. The molecule has 1 atom stereocenters. The average Bonchev–Trinajstić information content (AvgIpc) is 2.48. The zero-order chi connectivity index (χ0) is 15.9. The molecule has 2 aromatic carbocycles. The third-order valence-electron chi connectivity index (χ3n) is 3.61. The maximum absolute atomic E-state index is 12.1. The Labute approximate surface area is 137 Å². The number of aryl methyl sites for hydroxylation is 2. The van der Waals surface area contributed by atoms with E-state index in [-0.39, 0.29) is 11.9 Å². The van der Waals surface area contributed by atoms with Crippen molar-refractivity contribution in [3.8, 4) is 0 Å². The fourth-order valence-corrected chi connectivity index (χ4v) is 3.35. The van der Waals surface area contributed by atoms with Gasteiger partial charge >= 0.3 is 0 Å². The average molecular weight is 313 g/mol. The molecule has 3 heteroatoms. The van der Waals surface area contributed by atoms with Crippen LogP contribution >= 0.6 is 11.8 Å². The molecule has 2 aromatic rings. The molecule has 0 bridgehead atoms. The molecule has 0 radical (unpaired) electrons. The zero-order valence-corrected chi connectivity index (χ0v) is 14.2. The number of benzene rings is 2. The highest BCUT2D eigenvalue weighted by molar-refractivity contribution is 7.99. The van der Waals surface area contributed by atoms with Gasteiger partial charge in [0, 0.05) is 17.1 Å². The minimum absolute atomic E-state index is 0.0508. The van der Waals surface area contributed by atoms with Crippen LogP contribution in [-0.4, -0.2) is 11.7 Å². The van der Waals surface area contributed by atoms with Gasteiger partial charge in [-0.15, -0.1) is 11.8 Å². The monoisotopic (exact) mass is 313 g/mol. The van der Waals surface area contributed by atoms with Crippen molar-refractivity contribution in [1.29, 1.82) is 0 Å². The topological polar surface area (TPSA) is 29.1 Å². The molecule has 2 rings (SSSR count). The van der Waals surface area contributed by atoms with E-state index in [1.165, 1.54) is 21.6 Å². The summed E-state index contributed by atoms with van der Waals surface area (Å²) < 4.78 is 0. The molecule has 0 aromatic heterocycles. The molecule has 0 aliphatic rings. The van der Waals surface area contributed by atoms with Gasteiger partial charge in [0.25, 0.3) is 0 Å². The van der Waals surface area contributed by atoms with Crippen molar-refractivity contribution in [2.45, 2.75) is 38.1 Å². The SMILES string of the molecule is Cc1ccc([C@@H](C)NC(=O)CCSc2ccccc2)c(C)c1. The van der Waals surface area contributed by atoms with Gasteiger partial charge in [-0.3, -0.25) is 4.79 Å². The largest absolute Gasteiger partial charge is 0.350 e. The molecule has 0 aliphatic heterocycles. The molecule has 0 heterocycles. The Kier molecular flexibility index (Phi) is 6.08. The van der Waals surface area contributed by atoms with E-state index in [1.807, 2.05) is 25.1 Å². The summed E-state index contributed by atoms with van der Waals surface area (Å²) in [5, 5.41) is 3.09. The molecule has 0 aliphatic carbocycles. The Hall–Kier alpha value is -1.74. The summed E-state index contributed by atoms with van der Waals surface area (Å²) in [6, 6.07) is 16.6. The first-order chi connectivity index (χ1) is 10.6. The van der Waals surface area contributed by atoms with Crippen molar-refractivity contribution in [1.82, 2.24) is 5.32 Å². The fourth-order valence-electron chi connectivity index (χ4n) is 2.48. The van der Waals surface area contributed by atoms with E-state index in [0.29, 0.717) is 6.42 Å². The Bertz CT molecular complexity index is 625. The summed E-state index contributed by atoms with van der Waals surface area (Å²) in [7, 11) is 0. The summed E-state index contributed by atoms with van der Waals surface area (Å²) in [5.74, 6) is 0.908. The third kappa shape index (κ3) is 4.92. The lowest BCUT2D eigenvalue weighted by Gasteiger charge is -2.17. The lowest BCUT2D eigenvalue weighted by molar-refractivity contribution is -0.121. The Morgan fingerprint density at radius 1 is 1.14 bits per heavy atom. The van der Waals surface area contributed by atoms with Crippen molar-refractivity contribution < 1.29 is 4.79 Å². The molecule has 2 nitrogen and oxygen atoms in total. The predicted molar refractivity (Wildman–Crippen MR) is 94.3 cm³/mol. The summed E-state index contributed by atoms with van der Waals surface area (Å²) in [6.45, 7) is 6.22. The number of amides is 1. The minimum Gasteiger partial charge on any atom is -0.350 e. The van der Waals surface area contributed by atoms with Gasteiger partial charge in [-0.05, 0) is 44.0 Å². The number of carbonyl (C=O) groups excluding carboxylic acids is 1. The van der Waals surface area contributed by atoms with E-state index in [0.717, 1.165) is 5.75 Å².